The molecule has 5 nitrogen and oxygen atoms in total. The largest absolute Gasteiger partial charge is 0.497 e. The van der Waals surface area contributed by atoms with E-state index in [1.165, 1.54) is 11.3 Å². The van der Waals surface area contributed by atoms with Gasteiger partial charge in [0.2, 0.25) is 0 Å². The molecule has 0 radical (unpaired) electrons. The van der Waals surface area contributed by atoms with Crippen LogP contribution in [0.1, 0.15) is 9.67 Å². The fourth-order valence-corrected chi connectivity index (χ4v) is 3.75. The molecular formula is C17H16N2O3S. The maximum absolute atomic E-state index is 12.6. The molecule has 1 amide bonds. The van der Waals surface area contributed by atoms with Gasteiger partial charge in [-0.2, -0.15) is 0 Å². The van der Waals surface area contributed by atoms with Gasteiger partial charge in [0.15, 0.2) is 0 Å². The normalized spacial score (nSPS) is 15.3. The van der Waals surface area contributed by atoms with E-state index in [2.05, 4.69) is 11.1 Å². The van der Waals surface area contributed by atoms with Crippen LogP contribution < -0.4 is 4.74 Å². The Morgan fingerprint density at radius 1 is 1.22 bits per heavy atom. The Balaban J connectivity index is 1.74. The zero-order chi connectivity index (χ0) is 15.8. The molecule has 1 aliphatic heterocycles. The minimum Gasteiger partial charge on any atom is -0.497 e. The highest BCUT2D eigenvalue weighted by atomic mass is 32.1. The quantitative estimate of drug-likeness (QED) is 0.726. The summed E-state index contributed by atoms with van der Waals surface area (Å²) in [4.78, 5) is 20.7. The summed E-state index contributed by atoms with van der Waals surface area (Å²) >= 11 is 1.44. The lowest BCUT2D eigenvalue weighted by Crippen LogP contribution is -2.40. The summed E-state index contributed by atoms with van der Waals surface area (Å²) in [6.45, 7) is 2.52. The second kappa shape index (κ2) is 5.79. The molecule has 23 heavy (non-hydrogen) atoms. The van der Waals surface area contributed by atoms with Crippen LogP contribution >= 0.6 is 11.3 Å². The van der Waals surface area contributed by atoms with Crippen LogP contribution in [-0.2, 0) is 4.74 Å². The molecule has 4 rings (SSSR count). The predicted molar refractivity (Wildman–Crippen MR) is 90.4 cm³/mol. The summed E-state index contributed by atoms with van der Waals surface area (Å²) in [6.07, 6.45) is 0. The van der Waals surface area contributed by atoms with Crippen molar-refractivity contribution in [1.29, 1.82) is 0 Å². The van der Waals surface area contributed by atoms with Gasteiger partial charge in [-0.3, -0.25) is 4.79 Å². The van der Waals surface area contributed by atoms with E-state index in [9.17, 15) is 4.79 Å². The van der Waals surface area contributed by atoms with E-state index in [4.69, 9.17) is 9.47 Å². The molecule has 0 spiro atoms. The number of pyridine rings is 1. The van der Waals surface area contributed by atoms with E-state index < -0.39 is 0 Å². The number of ether oxygens (including phenoxy) is 2. The average Bonchev–Trinajstić information content (AvgIpc) is 3.02. The van der Waals surface area contributed by atoms with Crippen LogP contribution in [0.25, 0.3) is 21.1 Å². The van der Waals surface area contributed by atoms with Crippen LogP contribution in [0, 0.1) is 0 Å². The summed E-state index contributed by atoms with van der Waals surface area (Å²) in [7, 11) is 1.64. The fourth-order valence-electron chi connectivity index (χ4n) is 2.76. The zero-order valence-electron chi connectivity index (χ0n) is 12.7. The number of benzene rings is 1. The molecule has 1 aliphatic rings. The number of hydrogen-bond acceptors (Lipinski definition) is 5. The van der Waals surface area contributed by atoms with Crippen molar-refractivity contribution in [1.82, 2.24) is 9.88 Å². The van der Waals surface area contributed by atoms with Crippen LogP contribution in [0.5, 0.6) is 5.75 Å². The third kappa shape index (κ3) is 2.64. The molecule has 3 aromatic rings. The Bertz CT molecular complexity index is 884. The Kier molecular flexibility index (Phi) is 3.63. The van der Waals surface area contributed by atoms with Crippen LogP contribution in [0.4, 0.5) is 0 Å². The van der Waals surface area contributed by atoms with Crippen molar-refractivity contribution in [2.45, 2.75) is 0 Å². The van der Waals surface area contributed by atoms with Gasteiger partial charge in [-0.05, 0) is 24.3 Å². The minimum absolute atomic E-state index is 0.0675. The molecule has 1 fully saturated rings. The third-order valence-electron chi connectivity index (χ3n) is 4.02. The van der Waals surface area contributed by atoms with Crippen molar-refractivity contribution in [3.63, 3.8) is 0 Å². The van der Waals surface area contributed by atoms with Crippen LogP contribution in [0.15, 0.2) is 30.3 Å². The number of methoxy groups -OCH3 is 1. The summed E-state index contributed by atoms with van der Waals surface area (Å²) < 4.78 is 10.6. The number of fused-ring (bicyclic) bond motifs is 2. The van der Waals surface area contributed by atoms with Crippen molar-refractivity contribution >= 4 is 38.4 Å². The Labute approximate surface area is 137 Å². The molecule has 1 saturated heterocycles. The van der Waals surface area contributed by atoms with E-state index in [0.717, 1.165) is 31.7 Å². The molecule has 2 aromatic heterocycles. The maximum atomic E-state index is 12.6. The maximum Gasteiger partial charge on any atom is 0.264 e. The Hall–Kier alpha value is -2.18. The molecular weight excluding hydrogens is 312 g/mol. The highest BCUT2D eigenvalue weighted by Crippen LogP contribution is 2.29. The third-order valence-corrected chi connectivity index (χ3v) is 5.05. The van der Waals surface area contributed by atoms with Gasteiger partial charge in [-0.15, -0.1) is 11.3 Å². The molecule has 0 unspecified atom stereocenters. The van der Waals surface area contributed by atoms with Crippen molar-refractivity contribution in [2.24, 2.45) is 0 Å². The smallest absolute Gasteiger partial charge is 0.264 e. The standard InChI is InChI=1S/C17H16N2O3S/c1-21-13-3-2-11-8-12-9-15(23-16(12)18-14(11)10-13)17(20)19-4-6-22-7-5-19/h2-3,8-10H,4-7H2,1H3. The number of hydrogen-bond donors (Lipinski definition) is 0. The van der Waals surface area contributed by atoms with E-state index >= 15 is 0 Å². The predicted octanol–water partition coefficient (Wildman–Crippen LogP) is 2.93. The number of morpholine rings is 1. The molecule has 0 atom stereocenters. The lowest BCUT2D eigenvalue weighted by molar-refractivity contribution is 0.0306. The minimum atomic E-state index is 0.0675. The Morgan fingerprint density at radius 3 is 2.83 bits per heavy atom. The molecule has 6 heteroatoms. The number of amides is 1. The number of rotatable bonds is 2. The van der Waals surface area contributed by atoms with E-state index in [1.807, 2.05) is 29.2 Å². The van der Waals surface area contributed by atoms with Gasteiger partial charge in [0, 0.05) is 29.9 Å². The van der Waals surface area contributed by atoms with Gasteiger partial charge < -0.3 is 14.4 Å². The summed E-state index contributed by atoms with van der Waals surface area (Å²) in [5, 5.41) is 2.05. The second-order valence-corrected chi connectivity index (χ2v) is 6.49. The van der Waals surface area contributed by atoms with Crippen molar-refractivity contribution < 1.29 is 14.3 Å². The van der Waals surface area contributed by atoms with Crippen molar-refractivity contribution in [3.8, 4) is 5.75 Å². The molecule has 0 saturated carbocycles. The van der Waals surface area contributed by atoms with Crippen molar-refractivity contribution in [2.75, 3.05) is 33.4 Å². The summed E-state index contributed by atoms with van der Waals surface area (Å²) in [5.41, 5.74) is 0.879. The van der Waals surface area contributed by atoms with Crippen LogP contribution in [0.2, 0.25) is 0 Å². The first kappa shape index (κ1) is 14.4. The van der Waals surface area contributed by atoms with Gasteiger partial charge in [0.05, 0.1) is 30.7 Å². The zero-order valence-corrected chi connectivity index (χ0v) is 13.6. The topological polar surface area (TPSA) is 51.7 Å². The molecule has 0 bridgehead atoms. The number of carbonyl (C=O) groups excluding carboxylic acids is 1. The van der Waals surface area contributed by atoms with Gasteiger partial charge in [-0.25, -0.2) is 4.98 Å². The fraction of sp³-hybridized carbons (Fsp3) is 0.294. The molecule has 1 aromatic carbocycles. The molecule has 0 N–H and O–H groups in total. The first-order chi connectivity index (χ1) is 11.2. The Morgan fingerprint density at radius 2 is 2.04 bits per heavy atom. The first-order valence-corrected chi connectivity index (χ1v) is 8.31. The first-order valence-electron chi connectivity index (χ1n) is 7.50. The molecule has 0 aliphatic carbocycles. The highest BCUT2D eigenvalue weighted by Gasteiger charge is 2.20. The van der Waals surface area contributed by atoms with Gasteiger partial charge in [0.25, 0.3) is 5.91 Å². The average molecular weight is 328 g/mol. The number of nitrogens with zero attached hydrogens (tertiary/aromatic N) is 2. The second-order valence-electron chi connectivity index (χ2n) is 5.46. The monoisotopic (exact) mass is 328 g/mol. The highest BCUT2D eigenvalue weighted by molar-refractivity contribution is 7.20. The van der Waals surface area contributed by atoms with Gasteiger partial charge in [0.1, 0.15) is 10.6 Å². The van der Waals surface area contributed by atoms with Gasteiger partial charge in [-0.1, -0.05) is 0 Å². The van der Waals surface area contributed by atoms with E-state index in [-0.39, 0.29) is 5.91 Å². The number of thiophene rings is 1. The SMILES string of the molecule is COc1ccc2cc3cc(C(=O)N4CCOCC4)sc3nc2c1. The molecule has 118 valence electrons. The van der Waals surface area contributed by atoms with Crippen molar-refractivity contribution in [3.05, 3.63) is 35.2 Å². The molecule has 3 heterocycles. The lowest BCUT2D eigenvalue weighted by atomic mass is 10.2. The number of aromatic nitrogens is 1. The summed E-state index contributed by atoms with van der Waals surface area (Å²) in [6, 6.07) is 9.83. The van der Waals surface area contributed by atoms with Crippen LogP contribution in [-0.4, -0.2) is 49.2 Å². The van der Waals surface area contributed by atoms with Crippen LogP contribution in [0.3, 0.4) is 0 Å². The lowest BCUT2D eigenvalue weighted by Gasteiger charge is -2.26. The van der Waals surface area contributed by atoms with Gasteiger partial charge >= 0.3 is 0 Å². The van der Waals surface area contributed by atoms with E-state index in [0.29, 0.717) is 26.3 Å². The summed E-state index contributed by atoms with van der Waals surface area (Å²) in [5.74, 6) is 0.850. The number of carbonyl (C=O) groups is 1. The van der Waals surface area contributed by atoms with E-state index in [1.54, 1.807) is 7.11 Å².